The SMILES string of the molecule is O=[N+]([O-])c1ccc(C=Nc2ccc(N3CCCCC3)c(S(=O)(=O)N3CCCCC3)c2)cc1. The molecule has 2 fully saturated rings. The fraction of sp³-hybridized carbons (Fsp3) is 0.435. The third-order valence-electron chi connectivity index (χ3n) is 6.04. The molecule has 170 valence electrons. The Morgan fingerprint density at radius 1 is 0.875 bits per heavy atom. The van der Waals surface area contributed by atoms with Gasteiger partial charge in [-0.25, -0.2) is 8.42 Å². The Kier molecular flexibility index (Phi) is 6.86. The summed E-state index contributed by atoms with van der Waals surface area (Å²) in [5.41, 5.74) is 2.02. The number of anilines is 1. The summed E-state index contributed by atoms with van der Waals surface area (Å²) in [6, 6.07) is 11.5. The van der Waals surface area contributed by atoms with Crippen molar-refractivity contribution in [3.8, 4) is 0 Å². The minimum Gasteiger partial charge on any atom is -0.370 e. The van der Waals surface area contributed by atoms with E-state index in [1.165, 1.54) is 18.6 Å². The van der Waals surface area contributed by atoms with Gasteiger partial charge < -0.3 is 4.90 Å². The summed E-state index contributed by atoms with van der Waals surface area (Å²) in [6.45, 7) is 2.82. The van der Waals surface area contributed by atoms with Crippen molar-refractivity contribution < 1.29 is 13.3 Å². The van der Waals surface area contributed by atoms with E-state index in [2.05, 4.69) is 9.89 Å². The molecule has 2 aromatic carbocycles. The summed E-state index contributed by atoms with van der Waals surface area (Å²) in [6.07, 6.45) is 7.71. The van der Waals surface area contributed by atoms with Gasteiger partial charge in [-0.05, 0) is 68.0 Å². The molecule has 9 heteroatoms. The molecule has 2 heterocycles. The molecule has 0 N–H and O–H groups in total. The maximum Gasteiger partial charge on any atom is 0.269 e. The molecule has 2 saturated heterocycles. The Morgan fingerprint density at radius 2 is 1.50 bits per heavy atom. The van der Waals surface area contributed by atoms with Gasteiger partial charge in [0.15, 0.2) is 0 Å². The highest BCUT2D eigenvalue weighted by Crippen LogP contribution is 2.34. The molecular weight excluding hydrogens is 428 g/mol. The van der Waals surface area contributed by atoms with E-state index < -0.39 is 14.9 Å². The number of benzene rings is 2. The van der Waals surface area contributed by atoms with Crippen LogP contribution < -0.4 is 4.90 Å². The van der Waals surface area contributed by atoms with E-state index in [9.17, 15) is 18.5 Å². The number of hydrogen-bond acceptors (Lipinski definition) is 6. The summed E-state index contributed by atoms with van der Waals surface area (Å²) in [5, 5.41) is 10.8. The lowest BCUT2D eigenvalue weighted by Crippen LogP contribution is -2.37. The normalized spacial score (nSPS) is 18.2. The molecule has 0 radical (unpaired) electrons. The van der Waals surface area contributed by atoms with Crippen LogP contribution in [0.25, 0.3) is 0 Å². The van der Waals surface area contributed by atoms with Gasteiger partial charge in [0.25, 0.3) is 5.69 Å². The molecule has 0 aromatic heterocycles. The minimum absolute atomic E-state index is 0.0166. The second kappa shape index (κ2) is 9.79. The third-order valence-corrected chi connectivity index (χ3v) is 7.97. The lowest BCUT2D eigenvalue weighted by molar-refractivity contribution is -0.384. The predicted octanol–water partition coefficient (Wildman–Crippen LogP) is 4.51. The Bertz CT molecular complexity index is 1090. The fourth-order valence-electron chi connectivity index (χ4n) is 4.26. The molecular formula is C23H28N4O4S. The number of sulfonamides is 1. The number of non-ortho nitro benzene ring substituents is 1. The molecule has 32 heavy (non-hydrogen) atoms. The summed E-state index contributed by atoms with van der Waals surface area (Å²) in [5.74, 6) is 0. The third kappa shape index (κ3) is 4.99. The van der Waals surface area contributed by atoms with E-state index in [0.29, 0.717) is 29.2 Å². The largest absolute Gasteiger partial charge is 0.370 e. The predicted molar refractivity (Wildman–Crippen MR) is 125 cm³/mol. The smallest absolute Gasteiger partial charge is 0.269 e. The summed E-state index contributed by atoms with van der Waals surface area (Å²) >= 11 is 0. The van der Waals surface area contributed by atoms with Gasteiger partial charge in [-0.15, -0.1) is 0 Å². The van der Waals surface area contributed by atoms with Crippen LogP contribution in [0.3, 0.4) is 0 Å². The van der Waals surface area contributed by atoms with E-state index in [1.807, 2.05) is 12.1 Å². The van der Waals surface area contributed by atoms with Crippen LogP contribution in [-0.4, -0.2) is 50.0 Å². The van der Waals surface area contributed by atoms with Crippen LogP contribution in [0, 0.1) is 10.1 Å². The maximum atomic E-state index is 13.6. The van der Waals surface area contributed by atoms with Crippen molar-refractivity contribution in [3.63, 3.8) is 0 Å². The molecule has 0 saturated carbocycles. The number of nitrogens with zero attached hydrogens (tertiary/aromatic N) is 4. The second-order valence-electron chi connectivity index (χ2n) is 8.27. The zero-order valence-electron chi connectivity index (χ0n) is 18.0. The van der Waals surface area contributed by atoms with Gasteiger partial charge in [-0.1, -0.05) is 6.42 Å². The molecule has 2 aromatic rings. The maximum absolute atomic E-state index is 13.6. The lowest BCUT2D eigenvalue weighted by atomic mass is 10.1. The topological polar surface area (TPSA) is 96.1 Å². The zero-order valence-corrected chi connectivity index (χ0v) is 18.8. The lowest BCUT2D eigenvalue weighted by Gasteiger charge is -2.32. The number of aliphatic imine (C=N–C) groups is 1. The molecule has 0 spiro atoms. The van der Waals surface area contributed by atoms with Gasteiger partial charge in [-0.2, -0.15) is 4.31 Å². The molecule has 0 atom stereocenters. The first-order valence-corrected chi connectivity index (χ1v) is 12.6. The molecule has 0 aliphatic carbocycles. The number of nitro groups is 1. The summed E-state index contributed by atoms with van der Waals surface area (Å²) in [4.78, 5) is 17.3. The first-order valence-electron chi connectivity index (χ1n) is 11.1. The first kappa shape index (κ1) is 22.4. The molecule has 2 aliphatic heterocycles. The van der Waals surface area contributed by atoms with Crippen LogP contribution in [0.1, 0.15) is 44.1 Å². The fourth-order valence-corrected chi connectivity index (χ4v) is 6.01. The van der Waals surface area contributed by atoms with Gasteiger partial charge in [0.05, 0.1) is 16.3 Å². The van der Waals surface area contributed by atoms with E-state index >= 15 is 0 Å². The second-order valence-corrected chi connectivity index (χ2v) is 10.2. The highest BCUT2D eigenvalue weighted by atomic mass is 32.2. The van der Waals surface area contributed by atoms with Crippen molar-refractivity contribution in [1.29, 1.82) is 0 Å². The van der Waals surface area contributed by atoms with E-state index in [1.54, 1.807) is 28.7 Å². The molecule has 2 aliphatic rings. The molecule has 0 bridgehead atoms. The Morgan fingerprint density at radius 3 is 2.12 bits per heavy atom. The Hall–Kier alpha value is -2.78. The van der Waals surface area contributed by atoms with Crippen LogP contribution in [-0.2, 0) is 10.0 Å². The van der Waals surface area contributed by atoms with Crippen molar-refractivity contribution in [2.75, 3.05) is 31.1 Å². The highest BCUT2D eigenvalue weighted by Gasteiger charge is 2.30. The summed E-state index contributed by atoms with van der Waals surface area (Å²) < 4.78 is 28.7. The van der Waals surface area contributed by atoms with Gasteiger partial charge in [-0.3, -0.25) is 15.1 Å². The first-order chi connectivity index (χ1) is 15.4. The van der Waals surface area contributed by atoms with Gasteiger partial charge >= 0.3 is 0 Å². The van der Waals surface area contributed by atoms with Crippen molar-refractivity contribution in [3.05, 3.63) is 58.1 Å². The Balaban J connectivity index is 1.67. The highest BCUT2D eigenvalue weighted by molar-refractivity contribution is 7.89. The van der Waals surface area contributed by atoms with Crippen molar-refractivity contribution >= 4 is 33.3 Å². The van der Waals surface area contributed by atoms with Crippen LogP contribution in [0.4, 0.5) is 17.1 Å². The number of nitro benzene ring substituents is 1. The molecule has 0 unspecified atom stereocenters. The monoisotopic (exact) mass is 456 g/mol. The molecule has 8 nitrogen and oxygen atoms in total. The minimum atomic E-state index is -3.62. The average Bonchev–Trinajstić information content (AvgIpc) is 2.84. The van der Waals surface area contributed by atoms with Crippen LogP contribution in [0.15, 0.2) is 52.4 Å². The number of hydrogen-bond donors (Lipinski definition) is 0. The van der Waals surface area contributed by atoms with Crippen LogP contribution in [0.2, 0.25) is 0 Å². The van der Waals surface area contributed by atoms with Crippen molar-refractivity contribution in [2.45, 2.75) is 43.4 Å². The summed E-state index contributed by atoms with van der Waals surface area (Å²) in [7, 11) is -3.62. The average molecular weight is 457 g/mol. The standard InChI is InChI=1S/C23H28N4O4S/c28-27(29)21-10-7-19(8-11-21)18-24-20-9-12-22(25-13-3-1-4-14-25)23(17-20)32(30,31)26-15-5-2-6-16-26/h7-12,17-18H,1-6,13-16H2. The van der Waals surface area contributed by atoms with Gasteiger partial charge in [0, 0.05) is 44.5 Å². The van der Waals surface area contributed by atoms with Crippen molar-refractivity contribution in [2.24, 2.45) is 4.99 Å². The molecule has 4 rings (SSSR count). The molecule has 0 amide bonds. The van der Waals surface area contributed by atoms with Gasteiger partial charge in [0.2, 0.25) is 10.0 Å². The number of piperidine rings is 2. The number of rotatable bonds is 6. The van der Waals surface area contributed by atoms with Crippen LogP contribution in [0.5, 0.6) is 0 Å². The van der Waals surface area contributed by atoms with E-state index in [0.717, 1.165) is 50.9 Å². The quantitative estimate of drug-likeness (QED) is 0.362. The Labute approximate surface area is 188 Å². The van der Waals surface area contributed by atoms with Crippen molar-refractivity contribution in [1.82, 2.24) is 4.31 Å². The van der Waals surface area contributed by atoms with E-state index in [4.69, 9.17) is 0 Å². The van der Waals surface area contributed by atoms with E-state index in [-0.39, 0.29) is 5.69 Å². The zero-order chi connectivity index (χ0) is 22.6. The van der Waals surface area contributed by atoms with Crippen LogP contribution >= 0.6 is 0 Å². The van der Waals surface area contributed by atoms with Gasteiger partial charge in [0.1, 0.15) is 4.90 Å².